The van der Waals surface area contributed by atoms with Crippen molar-refractivity contribution >= 4 is 5.97 Å². The van der Waals surface area contributed by atoms with Gasteiger partial charge < -0.3 is 14.3 Å². The summed E-state index contributed by atoms with van der Waals surface area (Å²) in [6.07, 6.45) is 0.821. The second-order valence-electron chi connectivity index (χ2n) is 7.24. The molecule has 4 rings (SSSR count). The molecular weight excluding hydrogens is 318 g/mol. The van der Waals surface area contributed by atoms with E-state index in [1.165, 1.54) is 0 Å². The predicted molar refractivity (Wildman–Crippen MR) is 93.2 cm³/mol. The zero-order chi connectivity index (χ0) is 17.4. The standard InChI is InChI=1S/C20H23NO4/c1-14-6-7-18(25-14)17-5-3-2-4-15(17)10-21-11-16-8-9-24-13-20(16,12-21)19(22)23/h2-7,16H,8-13H2,1H3,(H,22,23)/t16-,20+/m0/s1. The fraction of sp³-hybridized carbons (Fsp3) is 0.450. The molecule has 0 radical (unpaired) electrons. The smallest absolute Gasteiger partial charge is 0.313 e. The number of carboxylic acid groups (broad SMARTS) is 1. The largest absolute Gasteiger partial charge is 0.481 e. The van der Waals surface area contributed by atoms with Gasteiger partial charge in [0.1, 0.15) is 16.9 Å². The predicted octanol–water partition coefficient (Wildman–Crippen LogP) is 3.18. The molecule has 2 fully saturated rings. The number of ether oxygens (including phenoxy) is 1. The highest BCUT2D eigenvalue weighted by Crippen LogP contribution is 2.42. The Morgan fingerprint density at radius 1 is 1.32 bits per heavy atom. The van der Waals surface area contributed by atoms with E-state index in [1.54, 1.807) is 0 Å². The number of benzene rings is 1. The van der Waals surface area contributed by atoms with Crippen LogP contribution < -0.4 is 0 Å². The first-order valence-electron chi connectivity index (χ1n) is 8.77. The van der Waals surface area contributed by atoms with Crippen LogP contribution >= 0.6 is 0 Å². The van der Waals surface area contributed by atoms with E-state index >= 15 is 0 Å². The fourth-order valence-electron chi connectivity index (χ4n) is 4.23. The number of carboxylic acids is 1. The van der Waals surface area contributed by atoms with Crippen LogP contribution in [0.5, 0.6) is 0 Å². The third-order valence-corrected chi connectivity index (χ3v) is 5.58. The highest BCUT2D eigenvalue weighted by Gasteiger charge is 2.53. The molecule has 5 nitrogen and oxygen atoms in total. The van der Waals surface area contributed by atoms with Crippen molar-refractivity contribution in [3.05, 3.63) is 47.7 Å². The summed E-state index contributed by atoms with van der Waals surface area (Å²) < 4.78 is 11.3. The number of furan rings is 1. The third-order valence-electron chi connectivity index (χ3n) is 5.58. The van der Waals surface area contributed by atoms with Crippen molar-refractivity contribution in [2.45, 2.75) is 19.9 Å². The zero-order valence-electron chi connectivity index (χ0n) is 14.4. The van der Waals surface area contributed by atoms with Crippen LogP contribution in [0.2, 0.25) is 0 Å². The fourth-order valence-corrected chi connectivity index (χ4v) is 4.23. The molecule has 0 unspecified atom stereocenters. The Kier molecular flexibility index (Phi) is 4.13. The Bertz CT molecular complexity index is 784. The maximum atomic E-state index is 11.9. The highest BCUT2D eigenvalue weighted by atomic mass is 16.5. The van der Waals surface area contributed by atoms with E-state index in [1.807, 2.05) is 31.2 Å². The van der Waals surface area contributed by atoms with E-state index < -0.39 is 11.4 Å². The van der Waals surface area contributed by atoms with Gasteiger partial charge >= 0.3 is 5.97 Å². The minimum Gasteiger partial charge on any atom is -0.481 e. The van der Waals surface area contributed by atoms with E-state index in [0.717, 1.165) is 42.2 Å². The Morgan fingerprint density at radius 3 is 2.88 bits per heavy atom. The molecule has 132 valence electrons. The topological polar surface area (TPSA) is 62.9 Å². The molecule has 2 aromatic rings. The lowest BCUT2D eigenvalue weighted by atomic mass is 9.76. The van der Waals surface area contributed by atoms with Gasteiger partial charge in [-0.25, -0.2) is 0 Å². The SMILES string of the molecule is Cc1ccc(-c2ccccc2CN2C[C@@H]3CCOC[C@]3(C(=O)O)C2)o1. The first kappa shape index (κ1) is 16.4. The minimum absolute atomic E-state index is 0.164. The zero-order valence-corrected chi connectivity index (χ0v) is 14.4. The summed E-state index contributed by atoms with van der Waals surface area (Å²) in [4.78, 5) is 14.2. The number of nitrogens with zero attached hydrogens (tertiary/aromatic N) is 1. The summed E-state index contributed by atoms with van der Waals surface area (Å²) in [5.41, 5.74) is 1.48. The van der Waals surface area contributed by atoms with Crippen LogP contribution in [0.25, 0.3) is 11.3 Å². The third kappa shape index (κ3) is 2.87. The van der Waals surface area contributed by atoms with Crippen molar-refractivity contribution in [3.8, 4) is 11.3 Å². The second kappa shape index (κ2) is 6.32. The highest BCUT2D eigenvalue weighted by molar-refractivity contribution is 5.76. The molecule has 1 N–H and O–H groups in total. The number of hydrogen-bond acceptors (Lipinski definition) is 4. The number of fused-ring (bicyclic) bond motifs is 1. The minimum atomic E-state index is -0.755. The van der Waals surface area contributed by atoms with Crippen LogP contribution in [0.15, 0.2) is 40.8 Å². The first-order valence-corrected chi connectivity index (χ1v) is 8.77. The van der Waals surface area contributed by atoms with Gasteiger partial charge in [0.25, 0.3) is 0 Å². The summed E-state index contributed by atoms with van der Waals surface area (Å²) in [5.74, 6) is 1.19. The maximum Gasteiger partial charge on any atom is 0.313 e. The summed E-state index contributed by atoms with van der Waals surface area (Å²) in [7, 11) is 0. The van der Waals surface area contributed by atoms with E-state index in [2.05, 4.69) is 17.0 Å². The van der Waals surface area contributed by atoms with Crippen molar-refractivity contribution in [1.82, 2.24) is 4.90 Å². The molecule has 3 heterocycles. The van der Waals surface area contributed by atoms with Crippen LogP contribution in [0, 0.1) is 18.3 Å². The Balaban J connectivity index is 1.59. The van der Waals surface area contributed by atoms with Crippen molar-refractivity contribution in [2.24, 2.45) is 11.3 Å². The van der Waals surface area contributed by atoms with Gasteiger partial charge in [-0.2, -0.15) is 0 Å². The Morgan fingerprint density at radius 2 is 2.16 bits per heavy atom. The van der Waals surface area contributed by atoms with Gasteiger partial charge in [-0.15, -0.1) is 0 Å². The summed E-state index contributed by atoms with van der Waals surface area (Å²) in [6.45, 7) is 4.99. The molecule has 25 heavy (non-hydrogen) atoms. The quantitative estimate of drug-likeness (QED) is 0.925. The van der Waals surface area contributed by atoms with E-state index in [4.69, 9.17) is 9.15 Å². The number of likely N-dealkylation sites (tertiary alicyclic amines) is 1. The van der Waals surface area contributed by atoms with Gasteiger partial charge in [-0.05, 0) is 37.0 Å². The van der Waals surface area contributed by atoms with Gasteiger partial charge in [0, 0.05) is 31.8 Å². The summed E-state index contributed by atoms with van der Waals surface area (Å²) in [5, 5.41) is 9.80. The Labute approximate surface area is 147 Å². The summed E-state index contributed by atoms with van der Waals surface area (Å²) in [6, 6.07) is 12.1. The maximum absolute atomic E-state index is 11.9. The van der Waals surface area contributed by atoms with Gasteiger partial charge in [0.05, 0.1) is 6.61 Å². The summed E-state index contributed by atoms with van der Waals surface area (Å²) >= 11 is 0. The average Bonchev–Trinajstić information content (AvgIpc) is 3.19. The number of hydrogen-bond donors (Lipinski definition) is 1. The van der Waals surface area contributed by atoms with Crippen LogP contribution in [-0.2, 0) is 16.1 Å². The Hall–Kier alpha value is -2.11. The number of rotatable bonds is 4. The van der Waals surface area contributed by atoms with E-state index in [-0.39, 0.29) is 5.92 Å². The van der Waals surface area contributed by atoms with E-state index in [9.17, 15) is 9.90 Å². The normalized spacial score (nSPS) is 26.5. The molecular formula is C20H23NO4. The second-order valence-corrected chi connectivity index (χ2v) is 7.24. The molecule has 0 spiro atoms. The molecule has 2 aliphatic heterocycles. The van der Waals surface area contributed by atoms with Gasteiger partial charge in [0.15, 0.2) is 0 Å². The first-order chi connectivity index (χ1) is 12.1. The lowest BCUT2D eigenvalue weighted by Crippen LogP contribution is -2.46. The van der Waals surface area contributed by atoms with E-state index in [0.29, 0.717) is 19.8 Å². The molecule has 1 aromatic heterocycles. The van der Waals surface area contributed by atoms with Crippen LogP contribution in [0.3, 0.4) is 0 Å². The van der Waals surface area contributed by atoms with Crippen molar-refractivity contribution < 1.29 is 19.1 Å². The molecule has 2 aliphatic rings. The molecule has 2 atom stereocenters. The van der Waals surface area contributed by atoms with Gasteiger partial charge in [-0.1, -0.05) is 24.3 Å². The average molecular weight is 341 g/mol. The molecule has 0 aliphatic carbocycles. The van der Waals surface area contributed by atoms with Gasteiger partial charge in [0.2, 0.25) is 0 Å². The monoisotopic (exact) mass is 341 g/mol. The molecule has 0 saturated carbocycles. The van der Waals surface area contributed by atoms with Crippen LogP contribution in [0.4, 0.5) is 0 Å². The molecule has 0 amide bonds. The van der Waals surface area contributed by atoms with Crippen LogP contribution in [-0.4, -0.2) is 42.3 Å². The van der Waals surface area contributed by atoms with Crippen molar-refractivity contribution in [1.29, 1.82) is 0 Å². The van der Waals surface area contributed by atoms with Crippen molar-refractivity contribution in [2.75, 3.05) is 26.3 Å². The molecule has 0 bridgehead atoms. The lowest BCUT2D eigenvalue weighted by molar-refractivity contribution is -0.159. The lowest BCUT2D eigenvalue weighted by Gasteiger charge is -2.34. The molecule has 2 saturated heterocycles. The number of aliphatic carboxylic acids is 1. The molecule has 1 aromatic carbocycles. The number of carbonyl (C=O) groups is 1. The van der Waals surface area contributed by atoms with Crippen molar-refractivity contribution in [3.63, 3.8) is 0 Å². The molecule has 5 heteroatoms. The number of aryl methyl sites for hydroxylation is 1. The van der Waals surface area contributed by atoms with Crippen LogP contribution in [0.1, 0.15) is 17.7 Å². The van der Waals surface area contributed by atoms with Gasteiger partial charge in [-0.3, -0.25) is 9.69 Å².